The molecule has 6 nitrogen and oxygen atoms in total. The Morgan fingerprint density at radius 2 is 1.07 bits per heavy atom. The molecule has 0 N–H and O–H groups in total. The van der Waals surface area contributed by atoms with Crippen LogP contribution in [-0.2, 0) is 20.2 Å². The Morgan fingerprint density at radius 1 is 0.595 bits per heavy atom. The maximum absolute atomic E-state index is 14.5. The first-order valence-electron chi connectivity index (χ1n) is 15.8. The minimum absolute atomic E-state index is 0.0403. The summed E-state index contributed by atoms with van der Waals surface area (Å²) in [6, 6.07) is 13.3. The summed E-state index contributed by atoms with van der Waals surface area (Å²) < 4.78 is 70.9. The van der Waals surface area contributed by atoms with Crippen molar-refractivity contribution in [2.24, 2.45) is 0 Å². The third kappa shape index (κ3) is 6.13. The topological polar surface area (TPSA) is 101 Å². The van der Waals surface area contributed by atoms with Crippen LogP contribution in [0.3, 0.4) is 0 Å². The Bertz CT molecular complexity index is 1600. The van der Waals surface area contributed by atoms with E-state index in [1.54, 1.807) is 18.2 Å². The first kappa shape index (κ1) is 29.6. The van der Waals surface area contributed by atoms with Crippen molar-refractivity contribution in [3.63, 3.8) is 0 Å². The van der Waals surface area contributed by atoms with Gasteiger partial charge in [-0.3, -0.25) is 0 Å². The van der Waals surface area contributed by atoms with Gasteiger partial charge in [0.2, 0.25) is 0 Å². The molecule has 0 unspecified atom stereocenters. The molecule has 3 saturated carbocycles. The van der Waals surface area contributed by atoms with Gasteiger partial charge in [0.1, 0.15) is 15.0 Å². The van der Waals surface area contributed by atoms with E-state index in [0.717, 1.165) is 81.4 Å². The standard InChI is InChI=1S/C34H42O6S2/c35-41(36,37)33-21-20-32(28-18-10-11-19-29(28)33)40-42(38,39)34-30(25-14-6-2-7-15-25)22-27(24-12-4-1-5-13-24)23-31(34)26-16-8-3-9-17-26/h10-11,18-26H,1-9,12-17H2,(H,35,36,37)/p-1. The second kappa shape index (κ2) is 12.3. The van der Waals surface area contributed by atoms with Gasteiger partial charge in [0, 0.05) is 10.8 Å². The molecule has 0 aromatic heterocycles. The zero-order chi connectivity index (χ0) is 29.3. The summed E-state index contributed by atoms with van der Waals surface area (Å²) in [5.74, 6) is 0.843. The highest BCUT2D eigenvalue weighted by atomic mass is 32.2. The second-order valence-corrected chi connectivity index (χ2v) is 15.5. The number of fused-ring (bicyclic) bond motifs is 1. The van der Waals surface area contributed by atoms with Gasteiger partial charge < -0.3 is 8.74 Å². The number of hydrogen-bond acceptors (Lipinski definition) is 6. The molecule has 0 radical (unpaired) electrons. The summed E-state index contributed by atoms with van der Waals surface area (Å²) in [6.07, 6.45) is 16.6. The highest BCUT2D eigenvalue weighted by Gasteiger charge is 2.35. The van der Waals surface area contributed by atoms with Crippen LogP contribution < -0.4 is 4.18 Å². The Balaban J connectivity index is 1.52. The van der Waals surface area contributed by atoms with Gasteiger partial charge in [-0.2, -0.15) is 8.42 Å². The van der Waals surface area contributed by atoms with E-state index in [2.05, 4.69) is 12.1 Å². The van der Waals surface area contributed by atoms with Crippen molar-refractivity contribution in [3.05, 3.63) is 65.2 Å². The Kier molecular flexibility index (Phi) is 8.67. The number of rotatable bonds is 7. The van der Waals surface area contributed by atoms with Crippen LogP contribution in [0.5, 0.6) is 5.75 Å². The fourth-order valence-corrected chi connectivity index (χ4v) is 9.96. The zero-order valence-electron chi connectivity index (χ0n) is 24.2. The van der Waals surface area contributed by atoms with Crippen LogP contribution >= 0.6 is 0 Å². The SMILES string of the molecule is O=S(=O)([O-])c1ccc(OS(=O)(=O)c2c(C3CCCCC3)cc(C3CCCCC3)cc2C2CCCCC2)c2ccccc12. The van der Waals surface area contributed by atoms with Crippen molar-refractivity contribution in [1.29, 1.82) is 0 Å². The van der Waals surface area contributed by atoms with E-state index in [4.69, 9.17) is 4.18 Å². The summed E-state index contributed by atoms with van der Waals surface area (Å²) in [6.45, 7) is 0. The fraction of sp³-hybridized carbons (Fsp3) is 0.529. The highest BCUT2D eigenvalue weighted by Crippen LogP contribution is 2.46. The largest absolute Gasteiger partial charge is 0.744 e. The quantitative estimate of drug-likeness (QED) is 0.196. The second-order valence-electron chi connectivity index (χ2n) is 12.6. The van der Waals surface area contributed by atoms with Crippen LogP contribution in [0.15, 0.2) is 58.3 Å². The van der Waals surface area contributed by atoms with Gasteiger partial charge in [-0.1, -0.05) is 94.2 Å². The maximum Gasteiger partial charge on any atom is 0.339 e. The molecule has 3 fully saturated rings. The van der Waals surface area contributed by atoms with Crippen molar-refractivity contribution in [1.82, 2.24) is 0 Å². The molecule has 0 saturated heterocycles. The summed E-state index contributed by atoms with van der Waals surface area (Å²) in [4.78, 5) is -0.0454. The predicted octanol–water partition coefficient (Wildman–Crippen LogP) is 8.65. The van der Waals surface area contributed by atoms with Gasteiger partial charge >= 0.3 is 10.1 Å². The molecule has 0 heterocycles. The van der Waals surface area contributed by atoms with E-state index in [0.29, 0.717) is 10.8 Å². The summed E-state index contributed by atoms with van der Waals surface area (Å²) in [7, 11) is -9.04. The van der Waals surface area contributed by atoms with Crippen molar-refractivity contribution in [2.75, 3.05) is 0 Å². The average Bonchev–Trinajstić information content (AvgIpc) is 3.01. The third-order valence-electron chi connectivity index (χ3n) is 9.90. The molecule has 0 atom stereocenters. The normalized spacial score (nSPS) is 20.1. The zero-order valence-corrected chi connectivity index (χ0v) is 25.9. The van der Waals surface area contributed by atoms with Crippen LogP contribution in [0, 0.1) is 0 Å². The summed E-state index contributed by atoms with van der Waals surface area (Å²) in [5, 5.41) is 0.447. The van der Waals surface area contributed by atoms with E-state index >= 15 is 0 Å². The first-order chi connectivity index (χ1) is 20.2. The van der Waals surface area contributed by atoms with Crippen LogP contribution in [0.25, 0.3) is 10.8 Å². The van der Waals surface area contributed by atoms with Gasteiger partial charge in [0.15, 0.2) is 5.75 Å². The molecule has 42 heavy (non-hydrogen) atoms. The third-order valence-corrected chi connectivity index (χ3v) is 12.2. The fourth-order valence-electron chi connectivity index (χ4n) is 7.79. The van der Waals surface area contributed by atoms with Crippen molar-refractivity contribution < 1.29 is 25.6 Å². The molecule has 8 heteroatoms. The maximum atomic E-state index is 14.5. The van der Waals surface area contributed by atoms with Crippen molar-refractivity contribution >= 4 is 31.0 Å². The molecular weight excluding hydrogens is 569 g/mol. The van der Waals surface area contributed by atoms with Gasteiger partial charge in [-0.15, -0.1) is 0 Å². The molecular formula is C34H41O6S2-. The average molecular weight is 610 g/mol. The molecule has 0 aliphatic heterocycles. The molecule has 0 spiro atoms. The Morgan fingerprint density at radius 3 is 1.57 bits per heavy atom. The summed E-state index contributed by atoms with van der Waals surface area (Å²) >= 11 is 0. The van der Waals surface area contributed by atoms with Crippen LogP contribution in [0.1, 0.15) is 131 Å². The van der Waals surface area contributed by atoms with Crippen LogP contribution in [-0.4, -0.2) is 21.4 Å². The minimum Gasteiger partial charge on any atom is -0.744 e. The molecule has 226 valence electrons. The Hall–Kier alpha value is -2.42. The van der Waals surface area contributed by atoms with Crippen molar-refractivity contribution in [3.8, 4) is 5.75 Å². The molecule has 6 rings (SSSR count). The smallest absolute Gasteiger partial charge is 0.339 e. The minimum atomic E-state index is -4.76. The van der Waals surface area contributed by atoms with E-state index in [1.165, 1.54) is 49.8 Å². The lowest BCUT2D eigenvalue weighted by Gasteiger charge is -2.32. The van der Waals surface area contributed by atoms with E-state index in [1.807, 2.05) is 0 Å². The molecule has 3 aliphatic rings. The van der Waals surface area contributed by atoms with Gasteiger partial charge in [0.05, 0.1) is 4.90 Å². The molecule has 0 bridgehead atoms. The Labute approximate surface area is 250 Å². The van der Waals surface area contributed by atoms with Gasteiger partial charge in [-0.25, -0.2) is 8.42 Å². The molecule has 3 aliphatic carbocycles. The van der Waals surface area contributed by atoms with E-state index in [9.17, 15) is 21.4 Å². The lowest BCUT2D eigenvalue weighted by Crippen LogP contribution is -2.21. The summed E-state index contributed by atoms with van der Waals surface area (Å²) in [5.41, 5.74) is 3.13. The number of hydrogen-bond donors (Lipinski definition) is 0. The lowest BCUT2D eigenvalue weighted by molar-refractivity contribution is 0.414. The van der Waals surface area contributed by atoms with Gasteiger partial charge in [0.25, 0.3) is 0 Å². The first-order valence-corrected chi connectivity index (χ1v) is 18.6. The van der Waals surface area contributed by atoms with Crippen LogP contribution in [0.4, 0.5) is 0 Å². The monoisotopic (exact) mass is 609 g/mol. The predicted molar refractivity (Wildman–Crippen MR) is 164 cm³/mol. The molecule has 3 aromatic carbocycles. The molecule has 3 aromatic rings. The molecule has 0 amide bonds. The van der Waals surface area contributed by atoms with Crippen molar-refractivity contribution in [2.45, 2.75) is 124 Å². The lowest BCUT2D eigenvalue weighted by atomic mass is 9.76. The van der Waals surface area contributed by atoms with Crippen LogP contribution in [0.2, 0.25) is 0 Å². The number of benzene rings is 3. The highest BCUT2D eigenvalue weighted by molar-refractivity contribution is 7.87. The van der Waals surface area contributed by atoms with E-state index < -0.39 is 20.2 Å². The van der Waals surface area contributed by atoms with E-state index in [-0.39, 0.29) is 33.3 Å². The van der Waals surface area contributed by atoms with Gasteiger partial charge in [-0.05, 0) is 85.1 Å².